The molecule has 0 spiro atoms. The van der Waals surface area contributed by atoms with Gasteiger partial charge in [-0.2, -0.15) is 0 Å². The Hall–Kier alpha value is -4.05. The number of nitrogens with one attached hydrogen (secondary N) is 2. The lowest BCUT2D eigenvalue weighted by Crippen LogP contribution is -2.35. The second-order valence-corrected chi connectivity index (χ2v) is 9.84. The van der Waals surface area contributed by atoms with E-state index in [0.717, 1.165) is 43.3 Å². The fourth-order valence-electron chi connectivity index (χ4n) is 4.78. The van der Waals surface area contributed by atoms with E-state index in [9.17, 15) is 13.6 Å². The molecule has 3 aromatic rings. The highest BCUT2D eigenvalue weighted by Crippen LogP contribution is 2.37. The van der Waals surface area contributed by atoms with Crippen LogP contribution in [-0.2, 0) is 0 Å². The van der Waals surface area contributed by atoms with E-state index in [2.05, 4.69) is 30.4 Å². The molecule has 2 amide bonds. The zero-order chi connectivity index (χ0) is 25.9. The van der Waals surface area contributed by atoms with Crippen LogP contribution in [0.25, 0.3) is 4.85 Å². The maximum atomic E-state index is 14.6. The van der Waals surface area contributed by atoms with Crippen LogP contribution in [0.15, 0.2) is 23.8 Å². The van der Waals surface area contributed by atoms with Crippen molar-refractivity contribution in [1.29, 1.82) is 0 Å². The highest BCUT2D eigenvalue weighted by Gasteiger charge is 2.27. The summed E-state index contributed by atoms with van der Waals surface area (Å²) in [5.41, 5.74) is 6.37. The van der Waals surface area contributed by atoms with Crippen molar-refractivity contribution in [2.24, 2.45) is 0 Å². The molecule has 2 fully saturated rings. The number of hydrogen-bond donors (Lipinski definition) is 3. The van der Waals surface area contributed by atoms with Gasteiger partial charge in [0, 0.05) is 43.5 Å². The van der Waals surface area contributed by atoms with E-state index >= 15 is 0 Å². The van der Waals surface area contributed by atoms with Crippen LogP contribution in [0, 0.1) is 18.2 Å². The molecule has 0 bridgehead atoms. The minimum atomic E-state index is -0.831. The summed E-state index contributed by atoms with van der Waals surface area (Å²) in [6.45, 7) is 10.1. The number of anilines is 5. The van der Waals surface area contributed by atoms with Crippen LogP contribution in [0.5, 0.6) is 0 Å². The van der Waals surface area contributed by atoms with Crippen LogP contribution in [0.1, 0.15) is 36.6 Å². The van der Waals surface area contributed by atoms with Gasteiger partial charge in [-0.1, -0.05) is 0 Å². The van der Waals surface area contributed by atoms with Gasteiger partial charge in [0.1, 0.15) is 35.3 Å². The number of carbonyl (C=O) groups is 1. The van der Waals surface area contributed by atoms with E-state index in [0.29, 0.717) is 37.0 Å². The van der Waals surface area contributed by atoms with Crippen LogP contribution in [0.3, 0.4) is 0 Å². The first-order valence-corrected chi connectivity index (χ1v) is 12.8. The molecule has 13 heteroatoms. The number of thiazole rings is 1. The Labute approximate surface area is 216 Å². The van der Waals surface area contributed by atoms with Crippen molar-refractivity contribution in [3.05, 3.63) is 51.9 Å². The molecule has 0 saturated carbocycles. The lowest BCUT2D eigenvalue weighted by atomic mass is 9.98. The summed E-state index contributed by atoms with van der Waals surface area (Å²) >= 11 is 1.41. The number of carbonyl (C=O) groups excluding carboxylic acids is 1. The Balaban J connectivity index is 1.27. The molecule has 4 heterocycles. The molecular formula is C24H25F2N9OS. The molecule has 37 heavy (non-hydrogen) atoms. The molecule has 1 atom stereocenters. The normalized spacial score (nSPS) is 17.5. The molecular weight excluding hydrogens is 500 g/mol. The third kappa shape index (κ3) is 5.24. The van der Waals surface area contributed by atoms with Crippen LogP contribution in [0.4, 0.5) is 48.1 Å². The first kappa shape index (κ1) is 24.6. The van der Waals surface area contributed by atoms with E-state index in [1.165, 1.54) is 23.7 Å². The molecule has 2 saturated heterocycles. The minimum Gasteiger partial charge on any atom is -0.392 e. The van der Waals surface area contributed by atoms with Crippen molar-refractivity contribution in [2.75, 3.05) is 52.3 Å². The molecule has 0 radical (unpaired) electrons. The fourth-order valence-corrected chi connectivity index (χ4v) is 5.66. The molecule has 0 aliphatic carbocycles. The Kier molecular flexibility index (Phi) is 7.00. The summed E-state index contributed by atoms with van der Waals surface area (Å²) in [4.78, 5) is 32.8. The number of benzene rings is 1. The number of nitrogens with two attached hydrogens (primary N) is 1. The zero-order valence-corrected chi connectivity index (χ0v) is 20.7. The van der Waals surface area contributed by atoms with Gasteiger partial charge < -0.3 is 20.9 Å². The largest absolute Gasteiger partial charge is 0.392 e. The molecule has 10 nitrogen and oxygen atoms in total. The second-order valence-electron chi connectivity index (χ2n) is 8.95. The van der Waals surface area contributed by atoms with Crippen LogP contribution >= 0.6 is 11.3 Å². The standard InChI is InChI=1S/C24H25F2N9OS/c1-28-20-21(27)29-13-30-22(20)35-8-4-5-14(11-35)23-31-18(12-37-23)32-24(36)33-19-16(26)9-15(25)10-17(19)34-6-2-3-7-34/h9-10,12-14H,2-8,11H2,(H2,27,29,30)(H2,32,33,36). The summed E-state index contributed by atoms with van der Waals surface area (Å²) in [5, 5.41) is 7.75. The number of nitrogen functional groups attached to an aromatic ring is 1. The van der Waals surface area contributed by atoms with Gasteiger partial charge in [-0.15, -0.1) is 11.3 Å². The Morgan fingerprint density at radius 1 is 1.14 bits per heavy atom. The van der Waals surface area contributed by atoms with Crippen molar-refractivity contribution < 1.29 is 13.6 Å². The van der Waals surface area contributed by atoms with Gasteiger partial charge in [-0.25, -0.2) is 33.4 Å². The van der Waals surface area contributed by atoms with E-state index in [1.54, 1.807) is 5.38 Å². The predicted octanol–water partition coefficient (Wildman–Crippen LogP) is 4.97. The number of rotatable bonds is 5. The van der Waals surface area contributed by atoms with E-state index < -0.39 is 17.7 Å². The first-order valence-electron chi connectivity index (χ1n) is 11.9. The van der Waals surface area contributed by atoms with Gasteiger partial charge in [-0.3, -0.25) is 5.32 Å². The van der Waals surface area contributed by atoms with Crippen molar-refractivity contribution in [1.82, 2.24) is 15.0 Å². The molecule has 192 valence electrons. The number of piperidine rings is 1. The average molecular weight is 526 g/mol. The average Bonchev–Trinajstić information content (AvgIpc) is 3.58. The van der Waals surface area contributed by atoms with Gasteiger partial charge in [0.15, 0.2) is 5.82 Å². The molecule has 5 rings (SSSR count). The lowest BCUT2D eigenvalue weighted by molar-refractivity contribution is 0.262. The molecule has 1 unspecified atom stereocenters. The number of amides is 2. The van der Waals surface area contributed by atoms with E-state index in [1.807, 2.05) is 9.80 Å². The van der Waals surface area contributed by atoms with Gasteiger partial charge in [0.05, 0.1) is 17.3 Å². The maximum absolute atomic E-state index is 14.6. The van der Waals surface area contributed by atoms with Crippen molar-refractivity contribution >= 4 is 51.9 Å². The quantitative estimate of drug-likeness (QED) is 0.403. The molecule has 2 aliphatic rings. The Morgan fingerprint density at radius 3 is 2.70 bits per heavy atom. The molecule has 4 N–H and O–H groups in total. The van der Waals surface area contributed by atoms with Gasteiger partial charge >= 0.3 is 6.03 Å². The van der Waals surface area contributed by atoms with Crippen molar-refractivity contribution in [3.63, 3.8) is 0 Å². The molecule has 2 aliphatic heterocycles. The second kappa shape index (κ2) is 10.5. The maximum Gasteiger partial charge on any atom is 0.325 e. The van der Waals surface area contributed by atoms with Gasteiger partial charge in [0.25, 0.3) is 5.69 Å². The van der Waals surface area contributed by atoms with Gasteiger partial charge in [-0.05, 0) is 31.7 Å². The van der Waals surface area contributed by atoms with Crippen LogP contribution in [0.2, 0.25) is 0 Å². The lowest BCUT2D eigenvalue weighted by Gasteiger charge is -2.33. The van der Waals surface area contributed by atoms with Crippen LogP contribution in [-0.4, -0.2) is 47.2 Å². The fraction of sp³-hybridized carbons (Fsp3) is 0.375. The van der Waals surface area contributed by atoms with Crippen molar-refractivity contribution in [3.8, 4) is 0 Å². The summed E-state index contributed by atoms with van der Waals surface area (Å²) in [5.74, 6) is -0.445. The number of nitrogens with zero attached hydrogens (tertiary/aromatic N) is 6. The third-order valence-electron chi connectivity index (χ3n) is 6.50. The molecule has 1 aromatic carbocycles. The van der Waals surface area contributed by atoms with Crippen LogP contribution < -0.4 is 26.2 Å². The zero-order valence-electron chi connectivity index (χ0n) is 19.9. The summed E-state index contributed by atoms with van der Waals surface area (Å²) in [6.07, 6.45) is 4.97. The van der Waals surface area contributed by atoms with Gasteiger partial charge in [0.2, 0.25) is 0 Å². The highest BCUT2D eigenvalue weighted by molar-refractivity contribution is 7.10. The van der Waals surface area contributed by atoms with E-state index in [-0.39, 0.29) is 23.1 Å². The highest BCUT2D eigenvalue weighted by atomic mass is 32.1. The number of halogens is 2. The first-order chi connectivity index (χ1) is 17.9. The Morgan fingerprint density at radius 2 is 1.92 bits per heavy atom. The summed E-state index contributed by atoms with van der Waals surface area (Å²) in [6, 6.07) is 1.34. The Bertz CT molecular complexity index is 1350. The number of hydrogen-bond acceptors (Lipinski definition) is 8. The topological polar surface area (TPSA) is 117 Å². The minimum absolute atomic E-state index is 0.0566. The number of aromatic nitrogens is 3. The third-order valence-corrected chi connectivity index (χ3v) is 7.50. The summed E-state index contributed by atoms with van der Waals surface area (Å²) in [7, 11) is 0. The smallest absolute Gasteiger partial charge is 0.325 e. The van der Waals surface area contributed by atoms with E-state index in [4.69, 9.17) is 12.3 Å². The predicted molar refractivity (Wildman–Crippen MR) is 139 cm³/mol. The number of urea groups is 1. The van der Waals surface area contributed by atoms with Crippen molar-refractivity contribution in [2.45, 2.75) is 31.6 Å². The monoisotopic (exact) mass is 525 g/mol. The molecule has 2 aromatic heterocycles. The summed E-state index contributed by atoms with van der Waals surface area (Å²) < 4.78 is 28.5. The SMILES string of the molecule is [C-]#[N+]c1c(N)ncnc1N1CCCC(c2nc(NC(=O)Nc3c(F)cc(F)cc3N3CCCC3)cs2)C1.